The van der Waals surface area contributed by atoms with Crippen molar-refractivity contribution in [1.29, 1.82) is 0 Å². The molecule has 0 amide bonds. The zero-order valence-corrected chi connectivity index (χ0v) is 7.74. The van der Waals surface area contributed by atoms with Gasteiger partial charge in [-0.05, 0) is 18.2 Å². The summed E-state index contributed by atoms with van der Waals surface area (Å²) in [6.45, 7) is 0.541. The molecule has 2 unspecified atom stereocenters. The molecule has 0 spiro atoms. The molecule has 62 valence electrons. The standard InChI is InChI=1S/C8H6BrNO2/c9-5-1-2-7-6(3-5)8-10(12-8)4-11-7/h1-3,8H,4H2. The summed E-state index contributed by atoms with van der Waals surface area (Å²) in [5.74, 6) is 0.928. The number of nitrogens with zero attached hydrogens (tertiary/aromatic N) is 1. The maximum absolute atomic E-state index is 5.41. The molecule has 0 saturated carbocycles. The molecule has 12 heavy (non-hydrogen) atoms. The van der Waals surface area contributed by atoms with Crippen molar-refractivity contribution in [2.24, 2.45) is 0 Å². The third kappa shape index (κ3) is 0.888. The largest absolute Gasteiger partial charge is 0.475 e. The van der Waals surface area contributed by atoms with Crippen LogP contribution in [0.4, 0.5) is 0 Å². The number of hydrogen-bond donors (Lipinski definition) is 0. The van der Waals surface area contributed by atoms with Gasteiger partial charge in [0.1, 0.15) is 5.75 Å². The van der Waals surface area contributed by atoms with E-state index in [9.17, 15) is 0 Å². The van der Waals surface area contributed by atoms with Crippen LogP contribution in [0, 0.1) is 0 Å². The van der Waals surface area contributed by atoms with E-state index >= 15 is 0 Å². The molecule has 0 radical (unpaired) electrons. The molecular weight excluding hydrogens is 222 g/mol. The molecule has 4 heteroatoms. The van der Waals surface area contributed by atoms with E-state index in [4.69, 9.17) is 9.57 Å². The number of ether oxygens (including phenoxy) is 1. The van der Waals surface area contributed by atoms with Gasteiger partial charge in [0.25, 0.3) is 0 Å². The second kappa shape index (κ2) is 2.22. The average molecular weight is 228 g/mol. The van der Waals surface area contributed by atoms with Crippen LogP contribution in [0.25, 0.3) is 0 Å². The normalized spacial score (nSPS) is 30.1. The summed E-state index contributed by atoms with van der Waals surface area (Å²) in [5, 5.41) is 1.80. The molecule has 2 aliphatic heterocycles. The molecule has 3 nitrogen and oxygen atoms in total. The molecule has 0 N–H and O–H groups in total. The Morgan fingerprint density at radius 1 is 1.50 bits per heavy atom. The van der Waals surface area contributed by atoms with E-state index in [1.807, 2.05) is 18.2 Å². The lowest BCUT2D eigenvalue weighted by Crippen LogP contribution is -2.14. The fourth-order valence-corrected chi connectivity index (χ4v) is 1.77. The van der Waals surface area contributed by atoms with Gasteiger partial charge >= 0.3 is 0 Å². The van der Waals surface area contributed by atoms with E-state index in [2.05, 4.69) is 15.9 Å². The van der Waals surface area contributed by atoms with Gasteiger partial charge < -0.3 is 4.74 Å². The van der Waals surface area contributed by atoms with Gasteiger partial charge in [0.2, 0.25) is 0 Å². The number of hydroxylamine groups is 2. The van der Waals surface area contributed by atoms with E-state index in [1.54, 1.807) is 5.06 Å². The minimum atomic E-state index is 0.131. The maximum atomic E-state index is 5.41. The average Bonchev–Trinajstić information content (AvgIpc) is 2.82. The maximum Gasteiger partial charge on any atom is 0.187 e. The zero-order valence-electron chi connectivity index (χ0n) is 6.16. The van der Waals surface area contributed by atoms with Gasteiger partial charge in [0, 0.05) is 10.0 Å². The Hall–Kier alpha value is -0.580. The summed E-state index contributed by atoms with van der Waals surface area (Å²) in [5.41, 5.74) is 1.11. The van der Waals surface area contributed by atoms with Crippen molar-refractivity contribution < 1.29 is 9.57 Å². The molecule has 0 aromatic heterocycles. The Balaban J connectivity index is 2.14. The molecule has 1 aromatic carbocycles. The van der Waals surface area contributed by atoms with Gasteiger partial charge in [-0.3, -0.25) is 4.84 Å². The van der Waals surface area contributed by atoms with Gasteiger partial charge in [-0.2, -0.15) is 0 Å². The Labute approximate surface area is 78.0 Å². The number of hydrogen-bond acceptors (Lipinski definition) is 3. The quantitative estimate of drug-likeness (QED) is 0.635. The van der Waals surface area contributed by atoms with Crippen molar-refractivity contribution in [3.05, 3.63) is 28.2 Å². The Morgan fingerprint density at radius 3 is 3.33 bits per heavy atom. The summed E-state index contributed by atoms with van der Waals surface area (Å²) in [6.07, 6.45) is 0.131. The van der Waals surface area contributed by atoms with Crippen LogP contribution < -0.4 is 4.74 Å². The van der Waals surface area contributed by atoms with Crippen molar-refractivity contribution in [3.63, 3.8) is 0 Å². The Kier molecular flexibility index (Phi) is 1.27. The van der Waals surface area contributed by atoms with E-state index in [0.717, 1.165) is 15.8 Å². The topological polar surface area (TPSA) is 24.8 Å². The second-order valence-electron chi connectivity index (χ2n) is 2.83. The molecule has 0 aliphatic carbocycles. The van der Waals surface area contributed by atoms with Gasteiger partial charge in [-0.25, -0.2) is 0 Å². The summed E-state index contributed by atoms with van der Waals surface area (Å²) < 4.78 is 6.47. The fraction of sp³-hybridized carbons (Fsp3) is 0.250. The molecule has 1 saturated heterocycles. The zero-order chi connectivity index (χ0) is 8.13. The second-order valence-corrected chi connectivity index (χ2v) is 3.75. The summed E-state index contributed by atoms with van der Waals surface area (Å²) in [7, 11) is 0. The highest BCUT2D eigenvalue weighted by Crippen LogP contribution is 2.45. The smallest absolute Gasteiger partial charge is 0.187 e. The lowest BCUT2D eigenvalue weighted by atomic mass is 10.2. The van der Waals surface area contributed by atoms with Gasteiger partial charge in [0.05, 0.1) is 0 Å². The van der Waals surface area contributed by atoms with Crippen LogP contribution in [0.1, 0.15) is 11.8 Å². The van der Waals surface area contributed by atoms with Gasteiger partial charge in [-0.15, -0.1) is 5.06 Å². The molecule has 2 aliphatic rings. The van der Waals surface area contributed by atoms with E-state index < -0.39 is 0 Å². The molecule has 1 aromatic rings. The van der Waals surface area contributed by atoms with E-state index in [-0.39, 0.29) is 6.23 Å². The van der Waals surface area contributed by atoms with Gasteiger partial charge in [0.15, 0.2) is 13.0 Å². The molecular formula is C8H6BrNO2. The van der Waals surface area contributed by atoms with Crippen molar-refractivity contribution in [2.75, 3.05) is 6.73 Å². The Bertz CT molecular complexity index is 342. The first-order chi connectivity index (χ1) is 5.84. The molecule has 2 atom stereocenters. The van der Waals surface area contributed by atoms with Crippen LogP contribution in [0.15, 0.2) is 22.7 Å². The van der Waals surface area contributed by atoms with Crippen LogP contribution >= 0.6 is 15.9 Å². The minimum Gasteiger partial charge on any atom is -0.475 e. The van der Waals surface area contributed by atoms with Crippen LogP contribution in [0.3, 0.4) is 0 Å². The molecule has 0 bridgehead atoms. The van der Waals surface area contributed by atoms with Crippen LogP contribution in [0.2, 0.25) is 0 Å². The van der Waals surface area contributed by atoms with Crippen molar-refractivity contribution in [2.45, 2.75) is 6.23 Å². The SMILES string of the molecule is Brc1ccc2c(c1)C1ON1CO2. The van der Waals surface area contributed by atoms with Crippen molar-refractivity contribution in [1.82, 2.24) is 5.06 Å². The third-order valence-electron chi connectivity index (χ3n) is 2.04. The summed E-state index contributed by atoms with van der Waals surface area (Å²) in [4.78, 5) is 5.25. The van der Waals surface area contributed by atoms with E-state index in [0.29, 0.717) is 6.73 Å². The number of fused-ring (bicyclic) bond motifs is 3. The third-order valence-corrected chi connectivity index (χ3v) is 2.53. The minimum absolute atomic E-state index is 0.131. The monoisotopic (exact) mass is 227 g/mol. The lowest BCUT2D eigenvalue weighted by Gasteiger charge is -2.13. The van der Waals surface area contributed by atoms with Crippen molar-refractivity contribution >= 4 is 15.9 Å². The van der Waals surface area contributed by atoms with Gasteiger partial charge in [-0.1, -0.05) is 15.9 Å². The van der Waals surface area contributed by atoms with Crippen LogP contribution in [-0.4, -0.2) is 11.8 Å². The number of rotatable bonds is 0. The van der Waals surface area contributed by atoms with Crippen LogP contribution in [-0.2, 0) is 4.84 Å². The first-order valence-corrected chi connectivity index (χ1v) is 4.49. The predicted molar refractivity (Wildman–Crippen MR) is 45.3 cm³/mol. The molecule has 1 fully saturated rings. The summed E-state index contributed by atoms with van der Waals surface area (Å²) in [6, 6.07) is 5.95. The number of halogens is 1. The highest BCUT2D eigenvalue weighted by molar-refractivity contribution is 9.10. The predicted octanol–water partition coefficient (Wildman–Crippen LogP) is 2.04. The summed E-state index contributed by atoms with van der Waals surface area (Å²) >= 11 is 3.41. The Morgan fingerprint density at radius 2 is 2.42 bits per heavy atom. The molecule has 3 rings (SSSR count). The highest BCUT2D eigenvalue weighted by atomic mass is 79.9. The van der Waals surface area contributed by atoms with E-state index in [1.165, 1.54) is 0 Å². The number of benzene rings is 1. The fourth-order valence-electron chi connectivity index (χ4n) is 1.39. The highest BCUT2D eigenvalue weighted by Gasteiger charge is 2.43. The van der Waals surface area contributed by atoms with Crippen LogP contribution in [0.5, 0.6) is 5.75 Å². The molecule has 2 heterocycles. The lowest BCUT2D eigenvalue weighted by molar-refractivity contribution is 0.0983. The first-order valence-electron chi connectivity index (χ1n) is 3.70. The van der Waals surface area contributed by atoms with Crippen molar-refractivity contribution in [3.8, 4) is 5.75 Å². The first kappa shape index (κ1) is 6.88.